The number of rotatable bonds is 3. The van der Waals surface area contributed by atoms with Crippen molar-refractivity contribution < 1.29 is 18.0 Å². The van der Waals surface area contributed by atoms with Crippen LogP contribution in [0.25, 0.3) is 0 Å². The van der Waals surface area contributed by atoms with E-state index in [1.54, 1.807) is 18.2 Å². The third kappa shape index (κ3) is 3.25. The van der Waals surface area contributed by atoms with E-state index in [1.807, 2.05) is 11.0 Å². The third-order valence-corrected chi connectivity index (χ3v) is 7.94. The smallest absolute Gasteiger partial charge is 0.251 e. The highest BCUT2D eigenvalue weighted by atomic mass is 32.2. The Hall–Kier alpha value is -1.67. The van der Waals surface area contributed by atoms with Crippen molar-refractivity contribution in [1.82, 2.24) is 0 Å². The van der Waals surface area contributed by atoms with Gasteiger partial charge >= 0.3 is 0 Å². The zero-order chi connectivity index (χ0) is 17.8. The summed E-state index contributed by atoms with van der Waals surface area (Å²) in [6.07, 6.45) is 1.75. The van der Waals surface area contributed by atoms with Crippen LogP contribution in [0.2, 0.25) is 0 Å². The van der Waals surface area contributed by atoms with Crippen molar-refractivity contribution in [3.8, 4) is 0 Å². The second-order valence-electron chi connectivity index (χ2n) is 6.78. The predicted octanol–water partition coefficient (Wildman–Crippen LogP) is 1.90. The summed E-state index contributed by atoms with van der Waals surface area (Å²) in [5, 5.41) is 0.430. The van der Waals surface area contributed by atoms with Gasteiger partial charge < -0.3 is 4.90 Å². The molecule has 0 bridgehead atoms. The second-order valence-corrected chi connectivity index (χ2v) is 10.1. The van der Waals surface area contributed by atoms with Crippen molar-refractivity contribution in [2.75, 3.05) is 16.4 Å². The van der Waals surface area contributed by atoms with Crippen molar-refractivity contribution in [3.05, 3.63) is 29.8 Å². The topological polar surface area (TPSA) is 83.9 Å². The summed E-state index contributed by atoms with van der Waals surface area (Å²) in [5.41, 5.74) is 1.27. The molecule has 2 aliphatic heterocycles. The first kappa shape index (κ1) is 16.8. The van der Waals surface area contributed by atoms with Gasteiger partial charge in [0.1, 0.15) is 0 Å². The van der Waals surface area contributed by atoms with Crippen molar-refractivity contribution >= 4 is 44.1 Å². The molecule has 2 unspecified atom stereocenters. The Bertz CT molecular complexity index is 890. The number of hydrogen-bond acceptors (Lipinski definition) is 5. The van der Waals surface area contributed by atoms with Crippen LogP contribution in [-0.4, -0.2) is 48.1 Å². The fourth-order valence-corrected chi connectivity index (χ4v) is 7.18. The molecule has 3 fully saturated rings. The molecule has 1 saturated carbocycles. The first-order chi connectivity index (χ1) is 11.8. The van der Waals surface area contributed by atoms with E-state index in [0.717, 1.165) is 12.8 Å². The number of hydrogen-bond donors (Lipinski definition) is 0. The first-order valence-electron chi connectivity index (χ1n) is 8.24. The van der Waals surface area contributed by atoms with Gasteiger partial charge in [-0.2, -0.15) is 4.99 Å². The Balaban J connectivity index is 1.74. The molecule has 2 heterocycles. The molecule has 1 aromatic rings. The highest BCUT2D eigenvalue weighted by Crippen LogP contribution is 2.42. The number of benzene rings is 1. The van der Waals surface area contributed by atoms with Gasteiger partial charge in [0.25, 0.3) is 5.91 Å². The summed E-state index contributed by atoms with van der Waals surface area (Å²) < 4.78 is 24.1. The van der Waals surface area contributed by atoms with Crippen LogP contribution in [0.1, 0.15) is 30.1 Å². The molecular formula is C17H18N2O4S2. The molecule has 0 aromatic heterocycles. The summed E-state index contributed by atoms with van der Waals surface area (Å²) in [6, 6.07) is 6.82. The summed E-state index contributed by atoms with van der Waals surface area (Å²) in [7, 11) is -3.10. The Kier molecular flexibility index (Phi) is 3.99. The van der Waals surface area contributed by atoms with E-state index < -0.39 is 9.84 Å². The molecule has 1 aliphatic carbocycles. The molecule has 3 aliphatic rings. The number of amides is 1. The molecule has 0 N–H and O–H groups in total. The molecule has 132 valence electrons. The predicted molar refractivity (Wildman–Crippen MR) is 97.9 cm³/mol. The van der Waals surface area contributed by atoms with E-state index >= 15 is 0 Å². The van der Waals surface area contributed by atoms with E-state index in [-0.39, 0.29) is 40.4 Å². The number of nitrogens with zero attached hydrogens (tertiary/aromatic N) is 2. The van der Waals surface area contributed by atoms with Gasteiger partial charge in [-0.25, -0.2) is 8.42 Å². The van der Waals surface area contributed by atoms with E-state index in [0.29, 0.717) is 16.4 Å². The van der Waals surface area contributed by atoms with Crippen LogP contribution in [-0.2, 0) is 14.6 Å². The number of fused-ring (bicyclic) bond motifs is 1. The van der Waals surface area contributed by atoms with Crippen molar-refractivity contribution in [2.24, 2.45) is 10.9 Å². The van der Waals surface area contributed by atoms with Gasteiger partial charge in [-0.3, -0.25) is 9.59 Å². The standard InChI is InChI=1S/C17H18N2O4S2/c1-10(20)12-3-2-4-13(7-12)19-14-8-25(22,23)9-15(14)24-17(19)18-16(21)11-5-6-11/h2-4,7,11,14-15H,5-6,8-9H2,1H3. The Labute approximate surface area is 150 Å². The van der Waals surface area contributed by atoms with Crippen LogP contribution < -0.4 is 4.90 Å². The number of carbonyl (C=O) groups is 2. The lowest BCUT2D eigenvalue weighted by molar-refractivity contribution is -0.118. The Morgan fingerprint density at radius 2 is 2.00 bits per heavy atom. The minimum absolute atomic E-state index is 0.0164. The van der Waals surface area contributed by atoms with Gasteiger partial charge in [-0.15, -0.1) is 0 Å². The SMILES string of the molecule is CC(=O)c1cccc(N2C(=NC(=O)C3CC3)SC3CS(=O)(=O)CC32)c1. The largest absolute Gasteiger partial charge is 0.316 e. The van der Waals surface area contributed by atoms with Gasteiger partial charge in [-0.05, 0) is 31.9 Å². The molecule has 2 atom stereocenters. The van der Waals surface area contributed by atoms with Crippen LogP contribution in [0.15, 0.2) is 29.3 Å². The number of carbonyl (C=O) groups excluding carboxylic acids is 2. The lowest BCUT2D eigenvalue weighted by atomic mass is 10.1. The number of anilines is 1. The van der Waals surface area contributed by atoms with Crippen molar-refractivity contribution in [2.45, 2.75) is 31.1 Å². The zero-order valence-electron chi connectivity index (χ0n) is 13.7. The van der Waals surface area contributed by atoms with Crippen LogP contribution >= 0.6 is 11.8 Å². The molecular weight excluding hydrogens is 360 g/mol. The number of ketones is 1. The van der Waals surface area contributed by atoms with E-state index in [4.69, 9.17) is 0 Å². The maximum Gasteiger partial charge on any atom is 0.251 e. The van der Waals surface area contributed by atoms with Crippen LogP contribution in [0.3, 0.4) is 0 Å². The maximum absolute atomic E-state index is 12.2. The van der Waals surface area contributed by atoms with Gasteiger partial charge in [0.2, 0.25) is 0 Å². The normalized spacial score (nSPS) is 29.0. The summed E-state index contributed by atoms with van der Waals surface area (Å²) >= 11 is 1.37. The molecule has 1 amide bonds. The summed E-state index contributed by atoms with van der Waals surface area (Å²) in [4.78, 5) is 30.0. The highest BCUT2D eigenvalue weighted by Gasteiger charge is 2.49. The minimum atomic E-state index is -3.10. The lowest BCUT2D eigenvalue weighted by Crippen LogP contribution is -2.37. The van der Waals surface area contributed by atoms with Gasteiger partial charge in [0.05, 0.1) is 17.5 Å². The average molecular weight is 378 g/mol. The monoisotopic (exact) mass is 378 g/mol. The fraction of sp³-hybridized carbons (Fsp3) is 0.471. The second kappa shape index (κ2) is 5.95. The molecule has 0 spiro atoms. The van der Waals surface area contributed by atoms with E-state index in [9.17, 15) is 18.0 Å². The third-order valence-electron chi connectivity index (χ3n) is 4.73. The average Bonchev–Trinajstić information content (AvgIpc) is 3.28. The van der Waals surface area contributed by atoms with Gasteiger partial charge in [0.15, 0.2) is 20.8 Å². The first-order valence-corrected chi connectivity index (χ1v) is 10.9. The summed E-state index contributed by atoms with van der Waals surface area (Å²) in [6.45, 7) is 1.49. The molecule has 1 aromatic carbocycles. The molecule has 8 heteroatoms. The van der Waals surface area contributed by atoms with Crippen molar-refractivity contribution in [1.29, 1.82) is 0 Å². The van der Waals surface area contributed by atoms with E-state index in [1.165, 1.54) is 18.7 Å². The number of sulfone groups is 1. The fourth-order valence-electron chi connectivity index (χ4n) is 3.26. The molecule has 25 heavy (non-hydrogen) atoms. The minimum Gasteiger partial charge on any atom is -0.316 e. The van der Waals surface area contributed by atoms with Crippen molar-refractivity contribution in [3.63, 3.8) is 0 Å². The maximum atomic E-state index is 12.2. The van der Waals surface area contributed by atoms with Gasteiger partial charge in [0, 0.05) is 22.4 Å². The number of aliphatic imine (C=N–C) groups is 1. The lowest BCUT2D eigenvalue weighted by Gasteiger charge is -2.24. The molecule has 4 rings (SSSR count). The van der Waals surface area contributed by atoms with Gasteiger partial charge in [-0.1, -0.05) is 23.9 Å². The Morgan fingerprint density at radius 1 is 1.24 bits per heavy atom. The number of amidine groups is 1. The quantitative estimate of drug-likeness (QED) is 0.747. The molecule has 0 radical (unpaired) electrons. The van der Waals surface area contributed by atoms with Crippen LogP contribution in [0.4, 0.5) is 5.69 Å². The molecule has 2 saturated heterocycles. The highest BCUT2D eigenvalue weighted by molar-refractivity contribution is 8.16. The Morgan fingerprint density at radius 3 is 2.68 bits per heavy atom. The number of thioether (sulfide) groups is 1. The van der Waals surface area contributed by atoms with Crippen LogP contribution in [0.5, 0.6) is 0 Å². The van der Waals surface area contributed by atoms with E-state index in [2.05, 4.69) is 4.99 Å². The zero-order valence-corrected chi connectivity index (χ0v) is 15.3. The van der Waals surface area contributed by atoms with Crippen LogP contribution in [0, 0.1) is 5.92 Å². The molecule has 6 nitrogen and oxygen atoms in total. The number of Topliss-reactive ketones (excluding diaryl/α,β-unsaturated/α-hetero) is 1. The summed E-state index contributed by atoms with van der Waals surface area (Å²) in [5.74, 6) is -0.0226.